The van der Waals surface area contributed by atoms with Gasteiger partial charge < -0.3 is 5.32 Å². The van der Waals surface area contributed by atoms with Crippen molar-refractivity contribution in [3.05, 3.63) is 94.5 Å². The van der Waals surface area contributed by atoms with Crippen molar-refractivity contribution < 1.29 is 13.2 Å². The van der Waals surface area contributed by atoms with Crippen LogP contribution in [0, 0.1) is 20.8 Å². The Balaban J connectivity index is 1.35. The highest BCUT2D eigenvalue weighted by Gasteiger charge is 2.22. The van der Waals surface area contributed by atoms with Gasteiger partial charge in [-0.05, 0) is 80.1 Å². The first kappa shape index (κ1) is 24.9. The lowest BCUT2D eigenvalue weighted by Crippen LogP contribution is -2.44. The molecule has 1 amide bonds. The minimum Gasteiger partial charge on any atom is -0.349 e. The Morgan fingerprint density at radius 2 is 1.66 bits per heavy atom. The van der Waals surface area contributed by atoms with Gasteiger partial charge >= 0.3 is 0 Å². The summed E-state index contributed by atoms with van der Waals surface area (Å²) in [7, 11) is -3.76. The summed E-state index contributed by atoms with van der Waals surface area (Å²) in [5, 5.41) is 3.13. The number of carbonyl (C=O) groups excluding carboxylic acids is 1. The summed E-state index contributed by atoms with van der Waals surface area (Å²) in [6, 6.07) is 20.5. The third-order valence-electron chi connectivity index (χ3n) is 6.59. The number of hydrogen-bond donors (Lipinski definition) is 2. The Bertz CT molecular complexity index is 1310. The lowest BCUT2D eigenvalue weighted by molar-refractivity contribution is 0.0909. The van der Waals surface area contributed by atoms with Crippen molar-refractivity contribution >= 4 is 21.6 Å². The second-order valence-corrected chi connectivity index (χ2v) is 11.1. The highest BCUT2D eigenvalue weighted by molar-refractivity contribution is 7.92. The average Bonchev–Trinajstić information content (AvgIpc) is 2.83. The van der Waals surface area contributed by atoms with E-state index in [0.717, 1.165) is 38.0 Å². The number of sulfonamides is 1. The predicted molar refractivity (Wildman–Crippen MR) is 140 cm³/mol. The number of nitrogens with one attached hydrogen (secondary N) is 2. The lowest BCUT2D eigenvalue weighted by Gasteiger charge is -2.32. The van der Waals surface area contributed by atoms with Crippen LogP contribution in [0.25, 0.3) is 0 Å². The molecule has 0 aromatic heterocycles. The van der Waals surface area contributed by atoms with E-state index >= 15 is 0 Å². The summed E-state index contributed by atoms with van der Waals surface area (Å²) in [5.74, 6) is -0.185. The van der Waals surface area contributed by atoms with E-state index in [1.807, 2.05) is 13.0 Å². The summed E-state index contributed by atoms with van der Waals surface area (Å²) < 4.78 is 28.5. The van der Waals surface area contributed by atoms with Crippen LogP contribution in [-0.4, -0.2) is 38.4 Å². The number of anilines is 1. The van der Waals surface area contributed by atoms with Crippen LogP contribution in [0.15, 0.2) is 71.6 Å². The molecule has 184 valence electrons. The molecule has 7 heteroatoms. The summed E-state index contributed by atoms with van der Waals surface area (Å²) in [6.45, 7) is 8.54. The van der Waals surface area contributed by atoms with Crippen molar-refractivity contribution in [2.45, 2.75) is 51.1 Å². The molecular weight excluding hydrogens is 458 g/mol. The summed E-state index contributed by atoms with van der Waals surface area (Å²) >= 11 is 0. The molecule has 0 spiro atoms. The van der Waals surface area contributed by atoms with Gasteiger partial charge in [0.15, 0.2) is 0 Å². The van der Waals surface area contributed by atoms with Crippen LogP contribution in [0.2, 0.25) is 0 Å². The van der Waals surface area contributed by atoms with Crippen LogP contribution in [0.1, 0.15) is 45.5 Å². The second kappa shape index (κ2) is 10.6. The van der Waals surface area contributed by atoms with Gasteiger partial charge in [-0.25, -0.2) is 8.42 Å². The monoisotopic (exact) mass is 491 g/mol. The molecule has 1 aliphatic heterocycles. The molecule has 1 saturated heterocycles. The maximum Gasteiger partial charge on any atom is 0.262 e. The number of nitrogens with zero attached hydrogens (tertiary/aromatic N) is 1. The molecule has 6 nitrogen and oxygen atoms in total. The van der Waals surface area contributed by atoms with Crippen molar-refractivity contribution in [3.8, 4) is 0 Å². The Hall–Kier alpha value is -3.16. The third-order valence-corrected chi connectivity index (χ3v) is 8.11. The van der Waals surface area contributed by atoms with E-state index < -0.39 is 10.0 Å². The van der Waals surface area contributed by atoms with Crippen molar-refractivity contribution in [1.29, 1.82) is 0 Å². The number of likely N-dealkylation sites (tertiary alicyclic amines) is 1. The van der Waals surface area contributed by atoms with Gasteiger partial charge in [-0.2, -0.15) is 0 Å². The molecule has 1 fully saturated rings. The highest BCUT2D eigenvalue weighted by Crippen LogP contribution is 2.22. The first-order valence-electron chi connectivity index (χ1n) is 12.0. The molecule has 0 unspecified atom stereocenters. The number of amides is 1. The van der Waals surface area contributed by atoms with Gasteiger partial charge in [0, 0.05) is 36.9 Å². The maximum atomic E-state index is 12.9. The van der Waals surface area contributed by atoms with Gasteiger partial charge in [-0.15, -0.1) is 0 Å². The summed E-state index contributed by atoms with van der Waals surface area (Å²) in [5.41, 5.74) is 4.99. The minimum atomic E-state index is -3.76. The van der Waals surface area contributed by atoms with Crippen molar-refractivity contribution in [3.63, 3.8) is 0 Å². The minimum absolute atomic E-state index is 0.103. The molecule has 0 bridgehead atoms. The van der Waals surface area contributed by atoms with E-state index in [0.29, 0.717) is 16.8 Å². The average molecular weight is 492 g/mol. The van der Waals surface area contributed by atoms with Crippen molar-refractivity contribution in [2.75, 3.05) is 17.8 Å². The van der Waals surface area contributed by atoms with Crippen molar-refractivity contribution in [2.24, 2.45) is 0 Å². The molecule has 1 aliphatic rings. The molecule has 35 heavy (non-hydrogen) atoms. The lowest BCUT2D eigenvalue weighted by atomic mass is 10.0. The highest BCUT2D eigenvalue weighted by atomic mass is 32.2. The summed E-state index contributed by atoms with van der Waals surface area (Å²) in [4.78, 5) is 15.6. The fraction of sp³-hybridized carbons (Fsp3) is 0.321. The topological polar surface area (TPSA) is 78.5 Å². The fourth-order valence-electron chi connectivity index (χ4n) is 4.46. The summed E-state index contributed by atoms with van der Waals surface area (Å²) in [6.07, 6.45) is 1.77. The van der Waals surface area contributed by atoms with E-state index in [9.17, 15) is 13.2 Å². The number of hydrogen-bond acceptors (Lipinski definition) is 4. The predicted octanol–water partition coefficient (Wildman–Crippen LogP) is 4.81. The van der Waals surface area contributed by atoms with Gasteiger partial charge in [-0.1, -0.05) is 42.5 Å². The van der Waals surface area contributed by atoms with E-state index in [1.165, 1.54) is 11.1 Å². The standard InChI is InChI=1S/C28H33N3O3S/c1-20-11-12-22(3)27(17-20)35(33,34)30-26-10-6-9-23(18-26)28(32)29-25-13-15-31(16-14-25)19-24-8-5-4-7-21(24)2/h4-12,17-18,25,30H,13-16,19H2,1-3H3,(H,29,32). The largest absolute Gasteiger partial charge is 0.349 e. The van der Waals surface area contributed by atoms with Crippen LogP contribution in [-0.2, 0) is 16.6 Å². The molecule has 2 N–H and O–H groups in total. The second-order valence-electron chi connectivity index (χ2n) is 9.41. The molecule has 0 radical (unpaired) electrons. The van der Waals surface area contributed by atoms with E-state index in [1.54, 1.807) is 43.3 Å². The Morgan fingerprint density at radius 3 is 2.40 bits per heavy atom. The third kappa shape index (κ3) is 6.29. The number of rotatable bonds is 7. The van der Waals surface area contributed by atoms with E-state index in [2.05, 4.69) is 46.1 Å². The zero-order chi connectivity index (χ0) is 25.0. The normalized spacial score (nSPS) is 15.1. The zero-order valence-corrected chi connectivity index (χ0v) is 21.4. The van der Waals surface area contributed by atoms with Crippen LogP contribution in [0.5, 0.6) is 0 Å². The van der Waals surface area contributed by atoms with Crippen LogP contribution >= 0.6 is 0 Å². The first-order chi connectivity index (χ1) is 16.7. The van der Waals surface area contributed by atoms with Gasteiger partial charge in [0.1, 0.15) is 0 Å². The van der Waals surface area contributed by atoms with Gasteiger partial charge in [0.2, 0.25) is 0 Å². The SMILES string of the molecule is Cc1ccc(C)c(S(=O)(=O)Nc2cccc(C(=O)NC3CCN(Cc4ccccc4C)CC3)c2)c1. The molecule has 0 saturated carbocycles. The van der Waals surface area contributed by atoms with Crippen molar-refractivity contribution in [1.82, 2.24) is 10.2 Å². The Morgan fingerprint density at radius 1 is 0.914 bits per heavy atom. The van der Waals surface area contributed by atoms with E-state index in [-0.39, 0.29) is 16.8 Å². The number of carbonyl (C=O) groups is 1. The van der Waals surface area contributed by atoms with Gasteiger partial charge in [0.05, 0.1) is 4.90 Å². The van der Waals surface area contributed by atoms with Crippen LogP contribution < -0.4 is 10.0 Å². The molecule has 3 aromatic rings. The van der Waals surface area contributed by atoms with Gasteiger partial charge in [-0.3, -0.25) is 14.4 Å². The first-order valence-corrected chi connectivity index (χ1v) is 13.5. The molecule has 4 rings (SSSR count). The molecular formula is C28H33N3O3S. The van der Waals surface area contributed by atoms with Crippen LogP contribution in [0.3, 0.4) is 0 Å². The smallest absolute Gasteiger partial charge is 0.262 e. The Labute approximate surface area is 208 Å². The Kier molecular flexibility index (Phi) is 7.57. The molecule has 0 aliphatic carbocycles. The fourth-order valence-corrected chi connectivity index (χ4v) is 5.84. The van der Waals surface area contributed by atoms with Crippen LogP contribution in [0.4, 0.5) is 5.69 Å². The molecule has 1 heterocycles. The maximum absolute atomic E-state index is 12.9. The zero-order valence-electron chi connectivity index (χ0n) is 20.5. The quantitative estimate of drug-likeness (QED) is 0.497. The number of piperidine rings is 1. The van der Waals surface area contributed by atoms with Gasteiger partial charge in [0.25, 0.3) is 15.9 Å². The molecule has 3 aromatic carbocycles. The number of aryl methyl sites for hydroxylation is 3. The van der Waals surface area contributed by atoms with E-state index in [4.69, 9.17) is 0 Å². The molecule has 0 atom stereocenters. The number of benzene rings is 3.